The molecule has 7 nitrogen and oxygen atoms in total. The first kappa shape index (κ1) is 22.5. The lowest BCUT2D eigenvalue weighted by Gasteiger charge is -2.15. The predicted molar refractivity (Wildman–Crippen MR) is 116 cm³/mol. The van der Waals surface area contributed by atoms with Gasteiger partial charge >= 0.3 is 0 Å². The van der Waals surface area contributed by atoms with E-state index in [1.807, 2.05) is 19.1 Å². The van der Waals surface area contributed by atoms with Crippen LogP contribution in [0.4, 0.5) is 0 Å². The number of hydrogen-bond donors (Lipinski definition) is 2. The van der Waals surface area contributed by atoms with Gasteiger partial charge in [0.05, 0.1) is 20.3 Å². The summed E-state index contributed by atoms with van der Waals surface area (Å²) < 4.78 is 16.4. The van der Waals surface area contributed by atoms with Crippen LogP contribution in [0, 0.1) is 6.92 Å². The fraction of sp³-hybridized carbons (Fsp3) is 0.455. The molecule has 2 N–H and O–H groups in total. The number of nitrogens with zero attached hydrogens (tertiary/aromatic N) is 2. The van der Waals surface area contributed by atoms with E-state index in [9.17, 15) is 0 Å². The molecule has 7 heteroatoms. The first-order valence-electron chi connectivity index (χ1n) is 9.89. The summed E-state index contributed by atoms with van der Waals surface area (Å²) >= 11 is 0. The Morgan fingerprint density at radius 2 is 1.97 bits per heavy atom. The van der Waals surface area contributed by atoms with E-state index in [1.54, 1.807) is 20.4 Å². The second-order valence-corrected chi connectivity index (χ2v) is 6.53. The summed E-state index contributed by atoms with van der Waals surface area (Å²) in [6, 6.07) is 10.1. The highest BCUT2D eigenvalue weighted by atomic mass is 16.5. The molecule has 158 valence electrons. The van der Waals surface area contributed by atoms with E-state index in [-0.39, 0.29) is 0 Å². The Hall–Kier alpha value is -2.80. The van der Waals surface area contributed by atoms with E-state index < -0.39 is 0 Å². The van der Waals surface area contributed by atoms with Crippen molar-refractivity contribution in [3.8, 4) is 11.6 Å². The average Bonchev–Trinajstić information content (AvgIpc) is 2.74. The van der Waals surface area contributed by atoms with Gasteiger partial charge in [-0.25, -0.2) is 9.98 Å². The van der Waals surface area contributed by atoms with Crippen LogP contribution in [0.1, 0.15) is 30.0 Å². The summed E-state index contributed by atoms with van der Waals surface area (Å²) in [4.78, 5) is 8.88. The van der Waals surface area contributed by atoms with Gasteiger partial charge in [0.15, 0.2) is 5.96 Å². The molecule has 0 radical (unpaired) electrons. The Kier molecular flexibility index (Phi) is 9.78. The van der Waals surface area contributed by atoms with Crippen LogP contribution < -0.4 is 20.1 Å². The lowest BCUT2D eigenvalue weighted by Crippen LogP contribution is -2.36. The zero-order valence-corrected chi connectivity index (χ0v) is 17.8. The molecule has 0 bridgehead atoms. The number of aryl methyl sites for hydroxylation is 1. The highest BCUT2D eigenvalue weighted by molar-refractivity contribution is 5.79. The van der Waals surface area contributed by atoms with Crippen LogP contribution >= 0.6 is 0 Å². The van der Waals surface area contributed by atoms with Crippen LogP contribution in [-0.2, 0) is 17.8 Å². The van der Waals surface area contributed by atoms with Crippen molar-refractivity contribution in [2.75, 3.05) is 34.0 Å². The first-order valence-corrected chi connectivity index (χ1v) is 9.89. The number of ether oxygens (including phenoxy) is 3. The number of aliphatic imine (C=N–C) groups is 1. The minimum Gasteiger partial charge on any atom is -0.493 e. The van der Waals surface area contributed by atoms with Crippen molar-refractivity contribution >= 4 is 5.96 Å². The van der Waals surface area contributed by atoms with Crippen molar-refractivity contribution in [2.45, 2.75) is 33.4 Å². The lowest BCUT2D eigenvalue weighted by atomic mass is 10.1. The zero-order valence-electron chi connectivity index (χ0n) is 17.8. The molecule has 0 saturated carbocycles. The number of methoxy groups -OCH3 is 2. The van der Waals surface area contributed by atoms with Gasteiger partial charge in [-0.3, -0.25) is 0 Å². The largest absolute Gasteiger partial charge is 0.493 e. The third-order valence-electron chi connectivity index (χ3n) is 4.21. The summed E-state index contributed by atoms with van der Waals surface area (Å²) in [5.74, 6) is 2.21. The van der Waals surface area contributed by atoms with Crippen LogP contribution in [-0.4, -0.2) is 44.9 Å². The molecule has 0 atom stereocenters. The highest BCUT2D eigenvalue weighted by Gasteiger charge is 2.07. The molecule has 29 heavy (non-hydrogen) atoms. The second-order valence-electron chi connectivity index (χ2n) is 6.53. The molecule has 0 aliphatic heterocycles. The lowest BCUT2D eigenvalue weighted by molar-refractivity contribution is 0.172. The Morgan fingerprint density at radius 3 is 2.72 bits per heavy atom. The van der Waals surface area contributed by atoms with E-state index in [0.717, 1.165) is 35.8 Å². The van der Waals surface area contributed by atoms with Crippen LogP contribution in [0.5, 0.6) is 11.6 Å². The molecular formula is C22H32N4O3. The summed E-state index contributed by atoms with van der Waals surface area (Å²) in [5, 5.41) is 6.65. The molecule has 2 rings (SSSR count). The predicted octanol–water partition coefficient (Wildman–Crippen LogP) is 3.07. The van der Waals surface area contributed by atoms with Crippen molar-refractivity contribution in [2.24, 2.45) is 4.99 Å². The molecule has 1 heterocycles. The summed E-state index contributed by atoms with van der Waals surface area (Å²) in [6.07, 6.45) is 2.56. The van der Waals surface area contributed by atoms with Crippen LogP contribution in [0.25, 0.3) is 0 Å². The van der Waals surface area contributed by atoms with Gasteiger partial charge in [0.25, 0.3) is 0 Å². The van der Waals surface area contributed by atoms with Crippen molar-refractivity contribution in [3.63, 3.8) is 0 Å². The molecule has 0 saturated heterocycles. The maximum Gasteiger partial charge on any atom is 0.218 e. The Morgan fingerprint density at radius 1 is 1.10 bits per heavy atom. The molecule has 0 fully saturated rings. The molecule has 0 unspecified atom stereocenters. The zero-order chi connectivity index (χ0) is 20.9. The van der Waals surface area contributed by atoms with Crippen LogP contribution in [0.15, 0.2) is 41.5 Å². The highest BCUT2D eigenvalue weighted by Crippen LogP contribution is 2.20. The van der Waals surface area contributed by atoms with E-state index in [4.69, 9.17) is 14.2 Å². The number of nitrogens with one attached hydrogen (secondary N) is 2. The number of guanidine groups is 1. The summed E-state index contributed by atoms with van der Waals surface area (Å²) in [7, 11) is 3.31. The monoisotopic (exact) mass is 400 g/mol. The molecule has 0 amide bonds. The molecule has 0 spiro atoms. The van der Waals surface area contributed by atoms with Gasteiger partial charge < -0.3 is 24.8 Å². The quantitative estimate of drug-likeness (QED) is 0.343. The van der Waals surface area contributed by atoms with Crippen molar-refractivity contribution in [3.05, 3.63) is 53.2 Å². The summed E-state index contributed by atoms with van der Waals surface area (Å²) in [5.41, 5.74) is 3.18. The number of pyridine rings is 1. The van der Waals surface area contributed by atoms with E-state index in [1.165, 1.54) is 5.56 Å². The van der Waals surface area contributed by atoms with E-state index in [2.05, 4.69) is 45.7 Å². The number of aromatic nitrogens is 1. The van der Waals surface area contributed by atoms with Gasteiger partial charge in [-0.05, 0) is 31.5 Å². The standard InChI is InChI=1S/C22H32N4O3/c1-5-23-22(26-16-19-8-6-11-24-21(19)28-4)25-15-18-10-9-17(2)14-20(18)29-13-7-12-27-3/h6,8-11,14H,5,7,12-13,15-16H2,1-4H3,(H2,23,25,26). The Bertz CT molecular complexity index is 780. The molecule has 2 aromatic rings. The van der Waals surface area contributed by atoms with Crippen molar-refractivity contribution < 1.29 is 14.2 Å². The van der Waals surface area contributed by atoms with Crippen molar-refractivity contribution in [1.29, 1.82) is 0 Å². The normalized spacial score (nSPS) is 11.2. The number of hydrogen-bond acceptors (Lipinski definition) is 5. The fourth-order valence-corrected chi connectivity index (χ4v) is 2.74. The summed E-state index contributed by atoms with van der Waals surface area (Å²) in [6.45, 7) is 7.26. The Labute approximate surface area is 173 Å². The number of benzene rings is 1. The molecule has 1 aromatic carbocycles. The van der Waals surface area contributed by atoms with Gasteiger partial charge in [-0.15, -0.1) is 0 Å². The molecule has 0 aliphatic rings. The maximum absolute atomic E-state index is 5.97. The van der Waals surface area contributed by atoms with E-state index in [0.29, 0.717) is 32.2 Å². The first-order chi connectivity index (χ1) is 14.2. The third kappa shape index (κ3) is 7.62. The van der Waals surface area contributed by atoms with Gasteiger partial charge in [-0.2, -0.15) is 0 Å². The molecule has 0 aliphatic carbocycles. The van der Waals surface area contributed by atoms with Crippen LogP contribution in [0.2, 0.25) is 0 Å². The SMILES string of the molecule is CCNC(=NCc1cccnc1OC)NCc1ccc(C)cc1OCCCOC. The number of rotatable bonds is 11. The maximum atomic E-state index is 5.97. The van der Waals surface area contributed by atoms with Crippen LogP contribution in [0.3, 0.4) is 0 Å². The third-order valence-corrected chi connectivity index (χ3v) is 4.21. The van der Waals surface area contributed by atoms with Gasteiger partial charge in [0.1, 0.15) is 5.75 Å². The second kappa shape index (κ2) is 12.6. The minimum absolute atomic E-state index is 0.473. The van der Waals surface area contributed by atoms with Gasteiger partial charge in [0.2, 0.25) is 5.88 Å². The fourth-order valence-electron chi connectivity index (χ4n) is 2.74. The molecular weight excluding hydrogens is 368 g/mol. The average molecular weight is 401 g/mol. The van der Waals surface area contributed by atoms with Gasteiger partial charge in [0, 0.05) is 50.6 Å². The van der Waals surface area contributed by atoms with Gasteiger partial charge in [-0.1, -0.05) is 18.2 Å². The van der Waals surface area contributed by atoms with Crippen molar-refractivity contribution in [1.82, 2.24) is 15.6 Å². The Balaban J connectivity index is 2.04. The molecule has 1 aromatic heterocycles. The van der Waals surface area contributed by atoms with E-state index >= 15 is 0 Å². The minimum atomic E-state index is 0.473. The topological polar surface area (TPSA) is 77.0 Å². The smallest absolute Gasteiger partial charge is 0.218 e.